The number of amides is 1. The molecular formula is C21H28ClNO6. The Hall–Kier alpha value is -2.15. The van der Waals surface area contributed by atoms with Crippen molar-refractivity contribution in [2.24, 2.45) is 5.92 Å². The summed E-state index contributed by atoms with van der Waals surface area (Å²) in [6, 6.07) is 1.47. The highest BCUT2D eigenvalue weighted by Gasteiger charge is 2.35. The average Bonchev–Trinajstić information content (AvgIpc) is 2.63. The number of nitrogens with one attached hydrogen (secondary N) is 1. The van der Waals surface area contributed by atoms with Crippen LogP contribution < -0.4 is 14.8 Å². The molecule has 1 heterocycles. The zero-order valence-corrected chi connectivity index (χ0v) is 18.0. The summed E-state index contributed by atoms with van der Waals surface area (Å²) in [4.78, 5) is 23.4. The molecule has 29 heavy (non-hydrogen) atoms. The van der Waals surface area contributed by atoms with Crippen LogP contribution in [-0.2, 0) is 4.74 Å². The first-order valence-corrected chi connectivity index (χ1v) is 10.3. The third-order valence-electron chi connectivity index (χ3n) is 5.35. The lowest BCUT2D eigenvalue weighted by molar-refractivity contribution is 0.0260. The summed E-state index contributed by atoms with van der Waals surface area (Å²) < 4.78 is 17.3. The van der Waals surface area contributed by atoms with E-state index in [9.17, 15) is 14.7 Å². The maximum absolute atomic E-state index is 12.0. The van der Waals surface area contributed by atoms with Crippen LogP contribution in [0.4, 0.5) is 4.79 Å². The lowest BCUT2D eigenvalue weighted by atomic mass is 9.82. The number of halogens is 1. The molecule has 0 saturated heterocycles. The van der Waals surface area contributed by atoms with Gasteiger partial charge in [0.25, 0.3) is 0 Å². The molecule has 3 rings (SSSR count). The predicted octanol–water partition coefficient (Wildman–Crippen LogP) is 4.57. The van der Waals surface area contributed by atoms with Gasteiger partial charge in [0.1, 0.15) is 18.3 Å². The normalized spacial score (nSPS) is 24.0. The molecule has 1 aromatic rings. The van der Waals surface area contributed by atoms with Gasteiger partial charge in [-0.3, -0.25) is 0 Å². The molecular weight excluding hydrogens is 398 g/mol. The summed E-state index contributed by atoms with van der Waals surface area (Å²) >= 11 is 6.19. The van der Waals surface area contributed by atoms with Gasteiger partial charge in [-0.15, -0.1) is 0 Å². The number of benzene rings is 1. The molecule has 1 aromatic carbocycles. The molecule has 1 amide bonds. The van der Waals surface area contributed by atoms with Crippen molar-refractivity contribution < 1.29 is 28.9 Å². The SMILES string of the molecule is Cc1c(C(=O)O)cc(Cl)c2c1O[C@@H]([C@H]1CC[C@@H](NC(=O)OC(C)(C)C)CC1)CO2. The van der Waals surface area contributed by atoms with Crippen molar-refractivity contribution in [3.8, 4) is 11.5 Å². The number of carbonyl (C=O) groups excluding carboxylic acids is 1. The highest BCUT2D eigenvalue weighted by molar-refractivity contribution is 6.32. The Bertz CT molecular complexity index is 795. The van der Waals surface area contributed by atoms with Crippen LogP contribution in [0.25, 0.3) is 0 Å². The zero-order chi connectivity index (χ0) is 21.3. The minimum atomic E-state index is -1.05. The van der Waals surface area contributed by atoms with Gasteiger partial charge in [-0.2, -0.15) is 0 Å². The van der Waals surface area contributed by atoms with Gasteiger partial charge in [0.05, 0.1) is 10.6 Å². The molecule has 160 valence electrons. The summed E-state index contributed by atoms with van der Waals surface area (Å²) in [5.41, 5.74) is 0.112. The lowest BCUT2D eigenvalue weighted by Crippen LogP contribution is -2.44. The molecule has 1 fully saturated rings. The van der Waals surface area contributed by atoms with E-state index in [2.05, 4.69) is 5.32 Å². The van der Waals surface area contributed by atoms with E-state index in [4.69, 9.17) is 25.8 Å². The number of hydrogen-bond acceptors (Lipinski definition) is 5. The molecule has 0 spiro atoms. The molecule has 8 heteroatoms. The number of fused-ring (bicyclic) bond motifs is 1. The monoisotopic (exact) mass is 425 g/mol. The van der Waals surface area contributed by atoms with E-state index in [-0.39, 0.29) is 28.6 Å². The molecule has 0 unspecified atom stereocenters. The second-order valence-corrected chi connectivity index (χ2v) is 9.13. The van der Waals surface area contributed by atoms with E-state index < -0.39 is 17.7 Å². The van der Waals surface area contributed by atoms with Gasteiger partial charge in [-0.25, -0.2) is 9.59 Å². The van der Waals surface area contributed by atoms with Crippen molar-refractivity contribution in [1.82, 2.24) is 5.32 Å². The molecule has 1 aliphatic carbocycles. The van der Waals surface area contributed by atoms with Crippen LogP contribution in [-0.4, -0.2) is 41.5 Å². The molecule has 0 radical (unpaired) electrons. The first kappa shape index (κ1) is 21.6. The van der Waals surface area contributed by atoms with Crippen LogP contribution in [0.5, 0.6) is 11.5 Å². The van der Waals surface area contributed by atoms with Crippen molar-refractivity contribution in [3.05, 3.63) is 22.2 Å². The number of carbonyl (C=O) groups is 2. The maximum Gasteiger partial charge on any atom is 0.407 e. The minimum Gasteiger partial charge on any atom is -0.484 e. The smallest absolute Gasteiger partial charge is 0.407 e. The topological polar surface area (TPSA) is 94.1 Å². The molecule has 0 aromatic heterocycles. The fraction of sp³-hybridized carbons (Fsp3) is 0.619. The largest absolute Gasteiger partial charge is 0.484 e. The number of hydrogen-bond donors (Lipinski definition) is 2. The lowest BCUT2D eigenvalue weighted by Gasteiger charge is -2.37. The van der Waals surface area contributed by atoms with E-state index in [1.165, 1.54) is 6.07 Å². The number of rotatable bonds is 3. The van der Waals surface area contributed by atoms with Gasteiger partial charge in [-0.05, 0) is 65.4 Å². The number of alkyl carbamates (subject to hydrolysis) is 1. The van der Waals surface area contributed by atoms with Gasteiger partial charge in [0, 0.05) is 11.6 Å². The molecule has 0 bridgehead atoms. The van der Waals surface area contributed by atoms with Crippen LogP contribution in [0.3, 0.4) is 0 Å². The van der Waals surface area contributed by atoms with E-state index in [0.29, 0.717) is 23.7 Å². The number of aromatic carboxylic acids is 1. The van der Waals surface area contributed by atoms with Crippen LogP contribution in [0.2, 0.25) is 5.02 Å². The Morgan fingerprint density at radius 3 is 2.45 bits per heavy atom. The molecule has 2 N–H and O–H groups in total. The molecule has 7 nitrogen and oxygen atoms in total. The third-order valence-corrected chi connectivity index (χ3v) is 5.63. The summed E-state index contributed by atoms with van der Waals surface area (Å²) in [6.07, 6.45) is 2.82. The van der Waals surface area contributed by atoms with Crippen molar-refractivity contribution in [1.29, 1.82) is 0 Å². The van der Waals surface area contributed by atoms with Crippen molar-refractivity contribution in [3.63, 3.8) is 0 Å². The second-order valence-electron chi connectivity index (χ2n) is 8.72. The molecule has 1 aliphatic heterocycles. The van der Waals surface area contributed by atoms with Crippen LogP contribution in [0.15, 0.2) is 6.07 Å². The van der Waals surface area contributed by atoms with E-state index in [1.807, 2.05) is 20.8 Å². The highest BCUT2D eigenvalue weighted by Crippen LogP contribution is 2.44. The van der Waals surface area contributed by atoms with Gasteiger partial charge >= 0.3 is 12.1 Å². The summed E-state index contributed by atoms with van der Waals surface area (Å²) in [5.74, 6) is 0.0315. The molecule has 1 saturated carbocycles. The van der Waals surface area contributed by atoms with Crippen molar-refractivity contribution in [2.45, 2.75) is 71.1 Å². The molecule has 2 aliphatic rings. The second kappa shape index (κ2) is 8.30. The zero-order valence-electron chi connectivity index (χ0n) is 17.2. The Balaban J connectivity index is 1.61. The van der Waals surface area contributed by atoms with Crippen molar-refractivity contribution >= 4 is 23.7 Å². The van der Waals surface area contributed by atoms with E-state index in [1.54, 1.807) is 6.92 Å². The Labute approximate surface area is 175 Å². The average molecular weight is 426 g/mol. The summed E-state index contributed by atoms with van der Waals surface area (Å²) in [6.45, 7) is 7.59. The van der Waals surface area contributed by atoms with E-state index >= 15 is 0 Å². The maximum atomic E-state index is 12.0. The van der Waals surface area contributed by atoms with Gasteiger partial charge in [0.2, 0.25) is 0 Å². The fourth-order valence-electron chi connectivity index (χ4n) is 3.89. The highest BCUT2D eigenvalue weighted by atomic mass is 35.5. The number of carboxylic acids is 1. The van der Waals surface area contributed by atoms with E-state index in [0.717, 1.165) is 25.7 Å². The van der Waals surface area contributed by atoms with Gasteiger partial charge in [0.15, 0.2) is 11.5 Å². The number of carboxylic acid groups (broad SMARTS) is 1. The van der Waals surface area contributed by atoms with Crippen molar-refractivity contribution in [2.75, 3.05) is 6.61 Å². The third kappa shape index (κ3) is 5.07. The first-order valence-electron chi connectivity index (χ1n) is 9.90. The minimum absolute atomic E-state index is 0.0766. The standard InChI is InChI=1S/C21H28ClNO6/c1-11-14(19(24)25)9-15(22)18-17(11)28-16(10-27-18)12-5-7-13(8-6-12)23-20(26)29-21(2,3)4/h9,12-13,16H,5-8,10H2,1-4H3,(H,23,26)(H,24,25)/t12-,13+,16-/m1/s1. The fourth-order valence-corrected chi connectivity index (χ4v) is 4.14. The Kier molecular flexibility index (Phi) is 6.17. The number of ether oxygens (including phenoxy) is 3. The Morgan fingerprint density at radius 1 is 1.21 bits per heavy atom. The van der Waals surface area contributed by atoms with Gasteiger partial charge in [-0.1, -0.05) is 11.6 Å². The predicted molar refractivity (Wildman–Crippen MR) is 108 cm³/mol. The summed E-state index contributed by atoms with van der Waals surface area (Å²) in [7, 11) is 0. The quantitative estimate of drug-likeness (QED) is 0.736. The Morgan fingerprint density at radius 2 is 1.86 bits per heavy atom. The van der Waals surface area contributed by atoms with Crippen LogP contribution in [0.1, 0.15) is 62.4 Å². The van der Waals surface area contributed by atoms with Crippen LogP contribution >= 0.6 is 11.6 Å². The van der Waals surface area contributed by atoms with Crippen LogP contribution in [0, 0.1) is 12.8 Å². The van der Waals surface area contributed by atoms with Gasteiger partial charge < -0.3 is 24.6 Å². The summed E-state index contributed by atoms with van der Waals surface area (Å²) in [5, 5.41) is 12.6. The molecule has 1 atom stereocenters. The first-order chi connectivity index (χ1) is 13.5.